The van der Waals surface area contributed by atoms with Crippen LogP contribution in [0.5, 0.6) is 5.75 Å². The SMILES string of the molecule is COc1ccc(Nc2ccnc(N)c2)cc1F. The van der Waals surface area contributed by atoms with E-state index in [2.05, 4.69) is 10.3 Å². The first-order valence-corrected chi connectivity index (χ1v) is 5.01. The number of nitrogen functional groups attached to an aromatic ring is 1. The summed E-state index contributed by atoms with van der Waals surface area (Å²) in [6.07, 6.45) is 1.58. The number of halogens is 1. The van der Waals surface area contributed by atoms with Gasteiger partial charge in [0.05, 0.1) is 7.11 Å². The van der Waals surface area contributed by atoms with Gasteiger partial charge < -0.3 is 15.8 Å². The molecule has 0 aliphatic carbocycles. The number of rotatable bonds is 3. The molecule has 1 aromatic heterocycles. The first-order valence-electron chi connectivity index (χ1n) is 5.01. The molecule has 0 atom stereocenters. The number of anilines is 3. The number of aromatic nitrogens is 1. The highest BCUT2D eigenvalue weighted by Crippen LogP contribution is 2.23. The zero-order valence-corrected chi connectivity index (χ0v) is 9.27. The number of hydrogen-bond donors (Lipinski definition) is 2. The van der Waals surface area contributed by atoms with Crippen LogP contribution < -0.4 is 15.8 Å². The molecule has 88 valence electrons. The molecular formula is C12H12FN3O. The van der Waals surface area contributed by atoms with Gasteiger partial charge in [-0.15, -0.1) is 0 Å². The van der Waals surface area contributed by atoms with Crippen LogP contribution >= 0.6 is 0 Å². The molecule has 2 rings (SSSR count). The van der Waals surface area contributed by atoms with Crippen molar-refractivity contribution in [1.82, 2.24) is 4.98 Å². The maximum Gasteiger partial charge on any atom is 0.167 e. The maximum atomic E-state index is 13.4. The quantitative estimate of drug-likeness (QED) is 0.855. The van der Waals surface area contributed by atoms with Crippen LogP contribution in [0.4, 0.5) is 21.6 Å². The van der Waals surface area contributed by atoms with E-state index in [1.807, 2.05) is 0 Å². The topological polar surface area (TPSA) is 60.2 Å². The molecule has 0 fully saturated rings. The molecule has 4 nitrogen and oxygen atoms in total. The monoisotopic (exact) mass is 233 g/mol. The lowest BCUT2D eigenvalue weighted by atomic mass is 10.2. The Morgan fingerprint density at radius 2 is 2.00 bits per heavy atom. The molecule has 0 aliphatic heterocycles. The van der Waals surface area contributed by atoms with Crippen molar-refractivity contribution >= 4 is 17.2 Å². The number of ether oxygens (including phenoxy) is 1. The van der Waals surface area contributed by atoms with Crippen LogP contribution in [0.1, 0.15) is 0 Å². The fourth-order valence-corrected chi connectivity index (χ4v) is 1.44. The Balaban J connectivity index is 2.22. The zero-order valence-electron chi connectivity index (χ0n) is 9.27. The molecule has 0 saturated heterocycles. The van der Waals surface area contributed by atoms with Gasteiger partial charge in [0.1, 0.15) is 5.82 Å². The number of nitrogens with one attached hydrogen (secondary N) is 1. The number of methoxy groups -OCH3 is 1. The Labute approximate surface area is 98.2 Å². The van der Waals surface area contributed by atoms with E-state index in [0.717, 1.165) is 5.69 Å². The lowest BCUT2D eigenvalue weighted by molar-refractivity contribution is 0.386. The van der Waals surface area contributed by atoms with Crippen molar-refractivity contribution in [3.05, 3.63) is 42.3 Å². The number of pyridine rings is 1. The van der Waals surface area contributed by atoms with Crippen LogP contribution in [0.2, 0.25) is 0 Å². The molecule has 3 N–H and O–H groups in total. The van der Waals surface area contributed by atoms with Crippen molar-refractivity contribution in [3.8, 4) is 5.75 Å². The molecule has 0 bridgehead atoms. The standard InChI is InChI=1S/C12H12FN3O/c1-17-11-3-2-8(6-10(11)13)16-9-4-5-15-12(14)7-9/h2-7H,1H3,(H3,14,15,16). The highest BCUT2D eigenvalue weighted by Gasteiger charge is 2.03. The van der Waals surface area contributed by atoms with E-state index < -0.39 is 5.82 Å². The third-order valence-electron chi connectivity index (χ3n) is 2.22. The largest absolute Gasteiger partial charge is 0.494 e. The Hall–Kier alpha value is -2.30. The van der Waals surface area contributed by atoms with Crippen molar-refractivity contribution in [2.24, 2.45) is 0 Å². The molecule has 1 heterocycles. The van der Waals surface area contributed by atoms with Crippen LogP contribution in [0, 0.1) is 5.82 Å². The number of nitrogens with two attached hydrogens (primary N) is 1. The van der Waals surface area contributed by atoms with Crippen molar-refractivity contribution in [1.29, 1.82) is 0 Å². The smallest absolute Gasteiger partial charge is 0.167 e. The summed E-state index contributed by atoms with van der Waals surface area (Å²) in [4.78, 5) is 3.87. The van der Waals surface area contributed by atoms with E-state index in [-0.39, 0.29) is 5.75 Å². The van der Waals surface area contributed by atoms with Crippen LogP contribution in [0.25, 0.3) is 0 Å². The van der Waals surface area contributed by atoms with Gasteiger partial charge in [-0.3, -0.25) is 0 Å². The molecule has 0 unspecified atom stereocenters. The predicted molar refractivity (Wildman–Crippen MR) is 64.9 cm³/mol. The molecular weight excluding hydrogens is 221 g/mol. The number of hydrogen-bond acceptors (Lipinski definition) is 4. The van der Waals surface area contributed by atoms with Gasteiger partial charge in [-0.2, -0.15) is 0 Å². The molecule has 17 heavy (non-hydrogen) atoms. The fourth-order valence-electron chi connectivity index (χ4n) is 1.44. The lowest BCUT2D eigenvalue weighted by Crippen LogP contribution is -1.95. The van der Waals surface area contributed by atoms with E-state index in [0.29, 0.717) is 11.5 Å². The van der Waals surface area contributed by atoms with E-state index in [4.69, 9.17) is 10.5 Å². The summed E-state index contributed by atoms with van der Waals surface area (Å²) >= 11 is 0. The van der Waals surface area contributed by atoms with Crippen LogP contribution in [-0.4, -0.2) is 12.1 Å². The van der Waals surface area contributed by atoms with Crippen molar-refractivity contribution < 1.29 is 9.13 Å². The van der Waals surface area contributed by atoms with E-state index >= 15 is 0 Å². The van der Waals surface area contributed by atoms with Crippen LogP contribution in [0.3, 0.4) is 0 Å². The van der Waals surface area contributed by atoms with Gasteiger partial charge in [-0.25, -0.2) is 9.37 Å². The summed E-state index contributed by atoms with van der Waals surface area (Å²) in [6.45, 7) is 0. The highest BCUT2D eigenvalue weighted by molar-refractivity contribution is 5.62. The highest BCUT2D eigenvalue weighted by atomic mass is 19.1. The lowest BCUT2D eigenvalue weighted by Gasteiger charge is -2.08. The molecule has 0 aliphatic rings. The van der Waals surface area contributed by atoms with Gasteiger partial charge in [-0.05, 0) is 18.2 Å². The third kappa shape index (κ3) is 2.63. The minimum absolute atomic E-state index is 0.213. The Morgan fingerprint density at radius 3 is 2.65 bits per heavy atom. The van der Waals surface area contributed by atoms with Crippen LogP contribution in [0.15, 0.2) is 36.5 Å². The van der Waals surface area contributed by atoms with Crippen LogP contribution in [-0.2, 0) is 0 Å². The second kappa shape index (κ2) is 4.69. The second-order valence-corrected chi connectivity index (χ2v) is 3.44. The average Bonchev–Trinajstić information content (AvgIpc) is 2.29. The van der Waals surface area contributed by atoms with Gasteiger partial charge >= 0.3 is 0 Å². The van der Waals surface area contributed by atoms with E-state index in [9.17, 15) is 4.39 Å². The summed E-state index contributed by atoms with van der Waals surface area (Å²) in [5.74, 6) is 0.202. The van der Waals surface area contributed by atoms with Crippen molar-refractivity contribution in [2.75, 3.05) is 18.2 Å². The second-order valence-electron chi connectivity index (χ2n) is 3.44. The maximum absolute atomic E-state index is 13.4. The molecule has 0 radical (unpaired) electrons. The first kappa shape index (κ1) is 11.2. The Morgan fingerprint density at radius 1 is 1.24 bits per heavy atom. The molecule has 0 spiro atoms. The number of nitrogens with zero attached hydrogens (tertiary/aromatic N) is 1. The van der Waals surface area contributed by atoms with Crippen molar-refractivity contribution in [3.63, 3.8) is 0 Å². The van der Waals surface area contributed by atoms with Gasteiger partial charge in [0.15, 0.2) is 11.6 Å². The minimum atomic E-state index is -0.417. The Kier molecular flexibility index (Phi) is 3.09. The first-order chi connectivity index (χ1) is 8.19. The average molecular weight is 233 g/mol. The fraction of sp³-hybridized carbons (Fsp3) is 0.0833. The summed E-state index contributed by atoms with van der Waals surface area (Å²) in [5, 5.41) is 3.02. The summed E-state index contributed by atoms with van der Waals surface area (Å²) in [7, 11) is 1.43. The van der Waals surface area contributed by atoms with Gasteiger partial charge in [0.25, 0.3) is 0 Å². The van der Waals surface area contributed by atoms with E-state index in [1.165, 1.54) is 13.2 Å². The van der Waals surface area contributed by atoms with Gasteiger partial charge in [-0.1, -0.05) is 0 Å². The zero-order chi connectivity index (χ0) is 12.3. The molecule has 5 heteroatoms. The molecule has 0 amide bonds. The normalized spacial score (nSPS) is 10.0. The summed E-state index contributed by atoms with van der Waals surface area (Å²) in [6, 6.07) is 8.05. The van der Waals surface area contributed by atoms with Gasteiger partial charge in [0, 0.05) is 29.7 Å². The molecule has 0 saturated carbocycles. The third-order valence-corrected chi connectivity index (χ3v) is 2.22. The van der Waals surface area contributed by atoms with E-state index in [1.54, 1.807) is 30.5 Å². The summed E-state index contributed by atoms with van der Waals surface area (Å²) in [5.41, 5.74) is 6.91. The minimum Gasteiger partial charge on any atom is -0.494 e. The van der Waals surface area contributed by atoms with Gasteiger partial charge in [0.2, 0.25) is 0 Å². The Bertz CT molecular complexity index is 531. The predicted octanol–water partition coefficient (Wildman–Crippen LogP) is 2.56. The summed E-state index contributed by atoms with van der Waals surface area (Å²) < 4.78 is 18.3. The van der Waals surface area contributed by atoms with Crippen molar-refractivity contribution in [2.45, 2.75) is 0 Å². The molecule has 2 aromatic rings. The molecule has 1 aromatic carbocycles. The number of benzene rings is 1.